The van der Waals surface area contributed by atoms with E-state index in [0.717, 1.165) is 0 Å². The molecule has 2 aliphatic heterocycles. The van der Waals surface area contributed by atoms with E-state index in [4.69, 9.17) is 10.2 Å². The van der Waals surface area contributed by atoms with Crippen LogP contribution in [0.25, 0.3) is 10.8 Å². The number of imide groups is 2. The Morgan fingerprint density at radius 1 is 0.621 bits per heavy atom. The maximum Gasteiger partial charge on any atom is 1.00 e. The summed E-state index contributed by atoms with van der Waals surface area (Å²) in [5, 5.41) is 18.1. The Bertz CT molecular complexity index is 1010. The van der Waals surface area contributed by atoms with Crippen molar-refractivity contribution in [3.05, 3.63) is 46.5 Å². The molecular weight excluding hydrogens is 395 g/mol. The summed E-state index contributed by atoms with van der Waals surface area (Å²) >= 11 is 0. The zero-order valence-electron chi connectivity index (χ0n) is 15.0. The van der Waals surface area contributed by atoms with E-state index in [0.29, 0.717) is 9.80 Å². The summed E-state index contributed by atoms with van der Waals surface area (Å²) in [6.07, 6.45) is 0. The van der Waals surface area contributed by atoms with E-state index in [2.05, 4.69) is 0 Å². The fraction of sp³-hybridized carbons (Fsp3) is 0.111. The van der Waals surface area contributed by atoms with Crippen molar-refractivity contribution in [3.63, 3.8) is 0 Å². The molecule has 0 aliphatic carbocycles. The maximum absolute atomic E-state index is 12.6. The van der Waals surface area contributed by atoms with Crippen LogP contribution in [0.5, 0.6) is 0 Å². The van der Waals surface area contributed by atoms with Gasteiger partial charge in [0.1, 0.15) is 13.1 Å². The first-order valence-electron chi connectivity index (χ1n) is 7.98. The molecule has 0 aromatic heterocycles. The first kappa shape index (κ1) is 20.6. The Morgan fingerprint density at radius 3 is 1.07 bits per heavy atom. The molecule has 4 amide bonds. The van der Waals surface area contributed by atoms with Gasteiger partial charge < -0.3 is 10.2 Å². The van der Waals surface area contributed by atoms with E-state index in [9.17, 15) is 28.8 Å². The third kappa shape index (κ3) is 2.92. The minimum atomic E-state index is -1.37. The molecule has 2 aromatic rings. The first-order valence-corrected chi connectivity index (χ1v) is 7.98. The molecule has 0 bridgehead atoms. The average Bonchev–Trinajstić information content (AvgIpc) is 2.64. The number of hydrogen-bond acceptors (Lipinski definition) is 6. The molecular formula is C18H10N2NaO8+. The molecule has 2 aliphatic rings. The van der Waals surface area contributed by atoms with Crippen molar-refractivity contribution >= 4 is 46.3 Å². The molecule has 140 valence electrons. The molecule has 2 heterocycles. The fourth-order valence-electron chi connectivity index (χ4n) is 3.53. The van der Waals surface area contributed by atoms with Crippen molar-refractivity contribution in [3.8, 4) is 0 Å². The van der Waals surface area contributed by atoms with Crippen LogP contribution < -0.4 is 29.6 Å². The van der Waals surface area contributed by atoms with E-state index < -0.39 is 48.7 Å². The molecule has 0 saturated heterocycles. The Hall–Kier alpha value is -3.08. The Morgan fingerprint density at radius 2 is 0.862 bits per heavy atom. The molecule has 0 unspecified atom stereocenters. The van der Waals surface area contributed by atoms with Crippen LogP contribution in [0.15, 0.2) is 24.3 Å². The quantitative estimate of drug-likeness (QED) is 0.409. The molecule has 2 N–H and O–H groups in total. The van der Waals surface area contributed by atoms with Crippen LogP contribution in [-0.4, -0.2) is 68.7 Å². The topological polar surface area (TPSA) is 149 Å². The van der Waals surface area contributed by atoms with Gasteiger partial charge in [-0.25, -0.2) is 0 Å². The van der Waals surface area contributed by atoms with E-state index >= 15 is 0 Å². The van der Waals surface area contributed by atoms with Gasteiger partial charge in [-0.2, -0.15) is 0 Å². The van der Waals surface area contributed by atoms with E-state index in [1.165, 1.54) is 24.3 Å². The molecule has 2 aromatic carbocycles. The summed E-state index contributed by atoms with van der Waals surface area (Å²) in [5.74, 6) is -6.14. The van der Waals surface area contributed by atoms with Crippen LogP contribution in [0.4, 0.5) is 0 Å². The standard InChI is InChI=1S/C18H10N2O8.Na/c21-11(22)5-19-15(25)7-1-2-8-14-10(4-3-9(13(7)14)17(19)27)18(28)20(16(8)26)6-12(23)24;/h1-4H,5-6H2,(H,21,22)(H,23,24);/q;+1. The number of amides is 4. The van der Waals surface area contributed by atoms with Crippen LogP contribution in [-0.2, 0) is 9.59 Å². The molecule has 0 fully saturated rings. The predicted octanol–water partition coefficient (Wildman–Crippen LogP) is -2.79. The first-order chi connectivity index (χ1) is 13.2. The minimum absolute atomic E-state index is 0. The zero-order valence-corrected chi connectivity index (χ0v) is 17.0. The van der Waals surface area contributed by atoms with Gasteiger partial charge in [-0.1, -0.05) is 0 Å². The number of carbonyl (C=O) groups is 6. The summed E-state index contributed by atoms with van der Waals surface area (Å²) in [6, 6.07) is 5.06. The van der Waals surface area contributed by atoms with Crippen molar-refractivity contribution in [2.75, 3.05) is 13.1 Å². The number of carboxylic acids is 2. The van der Waals surface area contributed by atoms with E-state index in [-0.39, 0.29) is 62.6 Å². The van der Waals surface area contributed by atoms with Gasteiger partial charge in [-0.05, 0) is 24.3 Å². The van der Waals surface area contributed by atoms with Gasteiger partial charge in [-0.3, -0.25) is 38.6 Å². The van der Waals surface area contributed by atoms with Crippen molar-refractivity contribution in [2.24, 2.45) is 0 Å². The van der Waals surface area contributed by atoms with Gasteiger partial charge in [0.25, 0.3) is 23.6 Å². The van der Waals surface area contributed by atoms with Crippen molar-refractivity contribution in [1.82, 2.24) is 9.80 Å². The second kappa shape index (κ2) is 7.07. The SMILES string of the molecule is O=C(O)CN1C(=O)c2ccc3c4c(ccc(c24)C1=O)C(=O)N(CC(=O)O)C3=O.[Na+]. The van der Waals surface area contributed by atoms with Gasteiger partial charge in [-0.15, -0.1) is 0 Å². The number of carbonyl (C=O) groups excluding carboxylic acids is 4. The Kier molecular flexibility index (Phi) is 5.03. The van der Waals surface area contributed by atoms with Gasteiger partial charge in [0.2, 0.25) is 0 Å². The fourth-order valence-corrected chi connectivity index (χ4v) is 3.53. The number of nitrogens with zero attached hydrogens (tertiary/aromatic N) is 2. The van der Waals surface area contributed by atoms with Crippen LogP contribution in [0.2, 0.25) is 0 Å². The van der Waals surface area contributed by atoms with Crippen LogP contribution >= 0.6 is 0 Å². The van der Waals surface area contributed by atoms with E-state index in [1.807, 2.05) is 0 Å². The second-order valence-electron chi connectivity index (χ2n) is 6.25. The number of rotatable bonds is 4. The molecule has 4 rings (SSSR count). The Balaban J connectivity index is 0.00000240. The number of carboxylic acid groups (broad SMARTS) is 2. The summed E-state index contributed by atoms with van der Waals surface area (Å²) in [6.45, 7) is -1.65. The molecule has 0 radical (unpaired) electrons. The van der Waals surface area contributed by atoms with Crippen LogP contribution in [0.1, 0.15) is 41.4 Å². The summed E-state index contributed by atoms with van der Waals surface area (Å²) in [5.41, 5.74) is -0.0417. The van der Waals surface area contributed by atoms with Gasteiger partial charge in [0.15, 0.2) is 0 Å². The molecule has 10 nitrogen and oxygen atoms in total. The zero-order chi connectivity index (χ0) is 20.3. The third-order valence-electron chi connectivity index (χ3n) is 4.65. The third-order valence-corrected chi connectivity index (χ3v) is 4.65. The normalized spacial score (nSPS) is 14.9. The summed E-state index contributed by atoms with van der Waals surface area (Å²) < 4.78 is 0. The number of hydrogen-bond donors (Lipinski definition) is 2. The minimum Gasteiger partial charge on any atom is -0.480 e. The maximum atomic E-state index is 12.6. The van der Waals surface area contributed by atoms with Gasteiger partial charge >= 0.3 is 41.5 Å². The Labute approximate surface area is 184 Å². The van der Waals surface area contributed by atoms with Crippen LogP contribution in [0.3, 0.4) is 0 Å². The largest absolute Gasteiger partial charge is 1.00 e. The monoisotopic (exact) mass is 405 g/mol. The average molecular weight is 405 g/mol. The van der Waals surface area contributed by atoms with Gasteiger partial charge in [0, 0.05) is 33.0 Å². The molecule has 11 heteroatoms. The predicted molar refractivity (Wildman–Crippen MR) is 90.0 cm³/mol. The van der Waals surface area contributed by atoms with Gasteiger partial charge in [0.05, 0.1) is 0 Å². The van der Waals surface area contributed by atoms with Crippen molar-refractivity contribution in [1.29, 1.82) is 0 Å². The van der Waals surface area contributed by atoms with Crippen LogP contribution in [0, 0.1) is 0 Å². The molecule has 29 heavy (non-hydrogen) atoms. The van der Waals surface area contributed by atoms with E-state index in [1.54, 1.807) is 0 Å². The number of aliphatic carboxylic acids is 2. The van der Waals surface area contributed by atoms with Crippen molar-refractivity contribution < 1.29 is 68.5 Å². The molecule has 0 atom stereocenters. The second-order valence-corrected chi connectivity index (χ2v) is 6.25. The smallest absolute Gasteiger partial charge is 0.480 e. The molecule has 0 spiro atoms. The summed E-state index contributed by atoms with van der Waals surface area (Å²) in [7, 11) is 0. The van der Waals surface area contributed by atoms with Crippen molar-refractivity contribution in [2.45, 2.75) is 0 Å². The molecule has 0 saturated carbocycles. The summed E-state index contributed by atoms with van der Waals surface area (Å²) in [4.78, 5) is 73.7. The number of benzene rings is 2.